The fourth-order valence-electron chi connectivity index (χ4n) is 4.43. The molecule has 0 saturated heterocycles. The van der Waals surface area contributed by atoms with Crippen molar-refractivity contribution in [1.82, 2.24) is 24.6 Å². The smallest absolute Gasteiger partial charge is 0.328 e. The van der Waals surface area contributed by atoms with Crippen LogP contribution in [0.2, 0.25) is 0 Å². The first kappa shape index (κ1) is 26.6. The average molecular weight is 560 g/mol. The maximum absolute atomic E-state index is 12.4. The minimum absolute atomic E-state index is 0.0455. The Morgan fingerprint density at radius 2 is 1.72 bits per heavy atom. The molecule has 10 heteroatoms. The first-order valence-corrected chi connectivity index (χ1v) is 14.9. The van der Waals surface area contributed by atoms with Crippen molar-refractivity contribution in [3.05, 3.63) is 105 Å². The van der Waals surface area contributed by atoms with Crippen LogP contribution in [0.4, 0.5) is 4.79 Å². The predicted octanol–water partition coefficient (Wildman–Crippen LogP) is 5.23. The van der Waals surface area contributed by atoms with Gasteiger partial charge in [0, 0.05) is 29.2 Å². The second-order valence-corrected chi connectivity index (χ2v) is 12.2. The van der Waals surface area contributed by atoms with Crippen molar-refractivity contribution in [3.8, 4) is 5.69 Å². The van der Waals surface area contributed by atoms with Crippen LogP contribution in [0, 0.1) is 20.8 Å². The standard InChI is InChI=1S/C29H29N5O3S2/c1-19-6-12-25(13-7-19)39(36,37)33-29(35)30-15-14-22-8-10-23(11-9-22)34-26(18-24-5-4-16-38-24)32-27-20(2)17-21(3)31-28(27)34/h4-13,16-17H,14-15,18H2,1-3H3,(H2,30,33,35). The number of nitrogens with one attached hydrogen (secondary N) is 2. The van der Waals surface area contributed by atoms with Crippen LogP contribution in [0.5, 0.6) is 0 Å². The van der Waals surface area contributed by atoms with E-state index in [1.165, 1.54) is 17.0 Å². The lowest BCUT2D eigenvalue weighted by atomic mass is 10.1. The topological polar surface area (TPSA) is 106 Å². The minimum Gasteiger partial charge on any atom is -0.337 e. The largest absolute Gasteiger partial charge is 0.337 e. The third-order valence-corrected chi connectivity index (χ3v) is 8.59. The molecule has 200 valence electrons. The van der Waals surface area contributed by atoms with Crippen molar-refractivity contribution >= 4 is 38.6 Å². The maximum Gasteiger partial charge on any atom is 0.328 e. The highest BCUT2D eigenvalue weighted by Crippen LogP contribution is 2.26. The zero-order valence-electron chi connectivity index (χ0n) is 21.9. The van der Waals surface area contributed by atoms with E-state index in [1.807, 2.05) is 50.2 Å². The van der Waals surface area contributed by atoms with Crippen LogP contribution in [0.1, 0.15) is 33.1 Å². The van der Waals surface area contributed by atoms with Gasteiger partial charge in [-0.25, -0.2) is 27.9 Å². The molecule has 39 heavy (non-hydrogen) atoms. The maximum atomic E-state index is 12.4. The minimum atomic E-state index is -3.93. The van der Waals surface area contributed by atoms with Gasteiger partial charge in [-0.15, -0.1) is 11.3 Å². The fraction of sp³-hybridized carbons (Fsp3) is 0.207. The summed E-state index contributed by atoms with van der Waals surface area (Å²) < 4.78 is 29.0. The molecule has 2 N–H and O–H groups in total. The Hall–Kier alpha value is -4.02. The van der Waals surface area contributed by atoms with Crippen LogP contribution in [-0.2, 0) is 22.9 Å². The van der Waals surface area contributed by atoms with E-state index in [4.69, 9.17) is 9.97 Å². The Balaban J connectivity index is 1.28. The first-order chi connectivity index (χ1) is 18.7. The molecule has 0 fully saturated rings. The van der Waals surface area contributed by atoms with Gasteiger partial charge < -0.3 is 5.32 Å². The average Bonchev–Trinajstić information content (AvgIpc) is 3.53. The molecule has 8 nitrogen and oxygen atoms in total. The van der Waals surface area contributed by atoms with Gasteiger partial charge in [0.25, 0.3) is 10.0 Å². The molecule has 5 rings (SSSR count). The number of benzene rings is 2. The summed E-state index contributed by atoms with van der Waals surface area (Å²) in [6.45, 7) is 6.19. The Labute approximate surface area is 231 Å². The number of pyridine rings is 1. The van der Waals surface area contributed by atoms with Gasteiger partial charge in [-0.05, 0) is 80.1 Å². The number of imidazole rings is 1. The quantitative estimate of drug-likeness (QED) is 0.271. The zero-order chi connectivity index (χ0) is 27.6. The molecule has 0 radical (unpaired) electrons. The highest BCUT2D eigenvalue weighted by Gasteiger charge is 2.18. The normalized spacial score (nSPS) is 11.6. The molecule has 0 aliphatic rings. The number of nitrogens with zero attached hydrogens (tertiary/aromatic N) is 3. The summed E-state index contributed by atoms with van der Waals surface area (Å²) in [5.41, 5.74) is 6.66. The van der Waals surface area contributed by atoms with E-state index in [9.17, 15) is 13.2 Å². The van der Waals surface area contributed by atoms with E-state index < -0.39 is 16.1 Å². The van der Waals surface area contributed by atoms with E-state index in [-0.39, 0.29) is 11.4 Å². The lowest BCUT2D eigenvalue weighted by Crippen LogP contribution is -2.40. The number of carbonyl (C=O) groups excluding carboxylic acids is 1. The van der Waals surface area contributed by atoms with E-state index in [2.05, 4.69) is 33.0 Å². The van der Waals surface area contributed by atoms with Crippen molar-refractivity contribution in [2.75, 3.05) is 6.54 Å². The molecular weight excluding hydrogens is 530 g/mol. The molecule has 2 aromatic carbocycles. The highest BCUT2D eigenvalue weighted by molar-refractivity contribution is 7.90. The molecule has 0 saturated carbocycles. The summed E-state index contributed by atoms with van der Waals surface area (Å²) >= 11 is 1.70. The Kier molecular flexibility index (Phi) is 7.49. The summed E-state index contributed by atoms with van der Waals surface area (Å²) in [5, 5.41) is 4.69. The molecule has 0 spiro atoms. The summed E-state index contributed by atoms with van der Waals surface area (Å²) in [7, 11) is -3.93. The van der Waals surface area contributed by atoms with Crippen molar-refractivity contribution < 1.29 is 13.2 Å². The van der Waals surface area contributed by atoms with Crippen LogP contribution in [0.15, 0.2) is 77.0 Å². The summed E-state index contributed by atoms with van der Waals surface area (Å²) in [4.78, 5) is 23.3. The molecule has 2 amide bonds. The molecule has 0 bridgehead atoms. The number of amides is 2. The zero-order valence-corrected chi connectivity index (χ0v) is 23.6. The number of urea groups is 1. The number of fused-ring (bicyclic) bond motifs is 1. The molecule has 5 aromatic rings. The molecule has 0 aliphatic heterocycles. The number of rotatable bonds is 8. The molecular formula is C29H29N5O3S2. The molecule has 3 aromatic heterocycles. The van der Waals surface area contributed by atoms with Gasteiger partial charge in [0.1, 0.15) is 11.3 Å². The van der Waals surface area contributed by atoms with Gasteiger partial charge in [0.15, 0.2) is 5.65 Å². The Morgan fingerprint density at radius 1 is 0.974 bits per heavy atom. The lowest BCUT2D eigenvalue weighted by molar-refractivity contribution is 0.246. The van der Waals surface area contributed by atoms with Crippen molar-refractivity contribution in [2.24, 2.45) is 0 Å². The van der Waals surface area contributed by atoms with Crippen molar-refractivity contribution in [3.63, 3.8) is 0 Å². The van der Waals surface area contributed by atoms with Gasteiger partial charge in [-0.2, -0.15) is 0 Å². The van der Waals surface area contributed by atoms with Gasteiger partial charge >= 0.3 is 6.03 Å². The molecule has 0 unspecified atom stereocenters. The van der Waals surface area contributed by atoms with Crippen LogP contribution in [0.25, 0.3) is 16.9 Å². The van der Waals surface area contributed by atoms with Gasteiger partial charge in [-0.1, -0.05) is 35.9 Å². The second kappa shape index (κ2) is 11.0. The monoisotopic (exact) mass is 559 g/mol. The predicted molar refractivity (Wildman–Crippen MR) is 154 cm³/mol. The van der Waals surface area contributed by atoms with Gasteiger partial charge in [-0.3, -0.25) is 4.57 Å². The van der Waals surface area contributed by atoms with Crippen LogP contribution < -0.4 is 10.0 Å². The molecule has 0 aliphatic carbocycles. The number of thiophene rings is 1. The third kappa shape index (κ3) is 6.02. The number of hydrogen-bond donors (Lipinski definition) is 2. The summed E-state index contributed by atoms with van der Waals surface area (Å²) in [6.07, 6.45) is 1.25. The number of aryl methyl sites for hydroxylation is 3. The van der Waals surface area contributed by atoms with E-state index >= 15 is 0 Å². The van der Waals surface area contributed by atoms with E-state index in [1.54, 1.807) is 23.5 Å². The summed E-state index contributed by atoms with van der Waals surface area (Å²) in [6, 6.07) is 19.8. The molecule has 0 atom stereocenters. The van der Waals surface area contributed by atoms with Crippen molar-refractivity contribution in [2.45, 2.75) is 38.5 Å². The molecule has 3 heterocycles. The third-order valence-electron chi connectivity index (χ3n) is 6.37. The second-order valence-electron chi connectivity index (χ2n) is 9.46. The van der Waals surface area contributed by atoms with Gasteiger partial charge in [0.05, 0.1) is 4.90 Å². The number of hydrogen-bond acceptors (Lipinski definition) is 6. The van der Waals surface area contributed by atoms with Crippen LogP contribution in [0.3, 0.4) is 0 Å². The fourth-order valence-corrected chi connectivity index (χ4v) is 6.06. The SMILES string of the molecule is Cc1ccc(S(=O)(=O)NC(=O)NCCc2ccc(-n3c(Cc4cccs4)nc4c(C)cc(C)nc43)cc2)cc1. The first-order valence-electron chi connectivity index (χ1n) is 12.5. The van der Waals surface area contributed by atoms with E-state index in [0.29, 0.717) is 12.8 Å². The van der Waals surface area contributed by atoms with Crippen LogP contribution >= 0.6 is 11.3 Å². The van der Waals surface area contributed by atoms with Crippen molar-refractivity contribution in [1.29, 1.82) is 0 Å². The van der Waals surface area contributed by atoms with E-state index in [0.717, 1.165) is 45.1 Å². The number of aromatic nitrogens is 3. The Bertz CT molecular complexity index is 1720. The number of sulfonamides is 1. The number of carbonyl (C=O) groups is 1. The Morgan fingerprint density at radius 3 is 2.41 bits per heavy atom. The summed E-state index contributed by atoms with van der Waals surface area (Å²) in [5.74, 6) is 0.925. The lowest BCUT2D eigenvalue weighted by Gasteiger charge is -2.11. The highest BCUT2D eigenvalue weighted by atomic mass is 32.2. The van der Waals surface area contributed by atoms with Gasteiger partial charge in [0.2, 0.25) is 0 Å². The van der Waals surface area contributed by atoms with Crippen LogP contribution in [-0.4, -0.2) is 35.5 Å².